The lowest BCUT2D eigenvalue weighted by atomic mass is 9.85. The average molecular weight is 192 g/mol. The molecule has 0 spiro atoms. The summed E-state index contributed by atoms with van der Waals surface area (Å²) in [5.41, 5.74) is 2.66. The first-order chi connectivity index (χ1) is 6.83. The topological polar surface area (TPSA) is 17.8 Å². The van der Waals surface area contributed by atoms with Crippen molar-refractivity contribution in [3.8, 4) is 0 Å². The number of hydrogen-bond donors (Lipinski definition) is 0. The Kier molecular flexibility index (Phi) is 2.90. The largest absolute Gasteiger partial charge is 0.269 e. The van der Waals surface area contributed by atoms with E-state index >= 15 is 0 Å². The average Bonchev–Trinajstić information content (AvgIpc) is 2.53. The lowest BCUT2D eigenvalue weighted by Crippen LogP contribution is -2.20. The van der Waals surface area contributed by atoms with Crippen LogP contribution in [0.4, 0.5) is 0 Å². The predicted molar refractivity (Wildman–Crippen MR) is 58.3 cm³/mol. The first kappa shape index (κ1) is 9.75. The molecule has 0 N–H and O–H groups in total. The van der Waals surface area contributed by atoms with Crippen molar-refractivity contribution in [2.45, 2.75) is 52.5 Å². The summed E-state index contributed by atoms with van der Waals surface area (Å²) in [6, 6.07) is 2.26. The van der Waals surface area contributed by atoms with E-state index in [1.165, 1.54) is 30.7 Å². The molecule has 14 heavy (non-hydrogen) atoms. The second-order valence-electron chi connectivity index (χ2n) is 4.31. The van der Waals surface area contributed by atoms with E-state index in [4.69, 9.17) is 0 Å². The SMILES string of the molecule is CCc1cc(CC)n(CC2CCC2)n1. The van der Waals surface area contributed by atoms with E-state index < -0.39 is 0 Å². The van der Waals surface area contributed by atoms with Gasteiger partial charge in [0.1, 0.15) is 0 Å². The van der Waals surface area contributed by atoms with Crippen molar-refractivity contribution in [2.75, 3.05) is 0 Å². The third kappa shape index (κ3) is 1.84. The lowest BCUT2D eigenvalue weighted by molar-refractivity contribution is 0.263. The molecule has 1 aliphatic rings. The fourth-order valence-corrected chi connectivity index (χ4v) is 2.05. The van der Waals surface area contributed by atoms with E-state index in [0.29, 0.717) is 0 Å². The molecule has 0 unspecified atom stereocenters. The molecule has 78 valence electrons. The lowest BCUT2D eigenvalue weighted by Gasteiger charge is -2.25. The third-order valence-corrected chi connectivity index (χ3v) is 3.29. The van der Waals surface area contributed by atoms with Crippen molar-refractivity contribution in [1.29, 1.82) is 0 Å². The van der Waals surface area contributed by atoms with E-state index in [9.17, 15) is 0 Å². The summed E-state index contributed by atoms with van der Waals surface area (Å²) in [5, 5.41) is 4.64. The van der Waals surface area contributed by atoms with Gasteiger partial charge in [0.2, 0.25) is 0 Å². The molecular weight excluding hydrogens is 172 g/mol. The normalized spacial score (nSPS) is 17.0. The van der Waals surface area contributed by atoms with Crippen LogP contribution in [0.25, 0.3) is 0 Å². The van der Waals surface area contributed by atoms with Crippen LogP contribution in [0.5, 0.6) is 0 Å². The highest BCUT2D eigenvalue weighted by molar-refractivity contribution is 5.10. The summed E-state index contributed by atoms with van der Waals surface area (Å²) in [5.74, 6) is 0.907. The van der Waals surface area contributed by atoms with Gasteiger partial charge in [-0.15, -0.1) is 0 Å². The summed E-state index contributed by atoms with van der Waals surface area (Å²) in [6.45, 7) is 5.55. The molecular formula is C12H20N2. The number of aromatic nitrogens is 2. The summed E-state index contributed by atoms with van der Waals surface area (Å²) >= 11 is 0. The van der Waals surface area contributed by atoms with Crippen LogP contribution in [0.1, 0.15) is 44.5 Å². The molecule has 0 radical (unpaired) electrons. The van der Waals surface area contributed by atoms with Crippen LogP contribution in [0, 0.1) is 5.92 Å². The van der Waals surface area contributed by atoms with E-state index in [1.807, 2.05) is 0 Å². The van der Waals surface area contributed by atoms with Crippen LogP contribution in [-0.2, 0) is 19.4 Å². The molecule has 1 fully saturated rings. The molecule has 1 saturated carbocycles. The fraction of sp³-hybridized carbons (Fsp3) is 0.750. The quantitative estimate of drug-likeness (QED) is 0.717. The number of aryl methyl sites for hydroxylation is 2. The first-order valence-electron chi connectivity index (χ1n) is 5.89. The Bertz CT molecular complexity index is 297. The van der Waals surface area contributed by atoms with E-state index in [-0.39, 0.29) is 0 Å². The van der Waals surface area contributed by atoms with Crippen LogP contribution in [0.3, 0.4) is 0 Å². The molecule has 0 aromatic carbocycles. The molecule has 1 aromatic heterocycles. The Morgan fingerprint density at radius 3 is 2.64 bits per heavy atom. The van der Waals surface area contributed by atoms with Gasteiger partial charge in [-0.2, -0.15) is 5.10 Å². The van der Waals surface area contributed by atoms with E-state index in [0.717, 1.165) is 25.3 Å². The van der Waals surface area contributed by atoms with E-state index in [1.54, 1.807) is 0 Å². The number of rotatable bonds is 4. The zero-order valence-electron chi connectivity index (χ0n) is 9.29. The smallest absolute Gasteiger partial charge is 0.0624 e. The van der Waals surface area contributed by atoms with Gasteiger partial charge in [0.25, 0.3) is 0 Å². The van der Waals surface area contributed by atoms with Crippen LogP contribution < -0.4 is 0 Å². The third-order valence-electron chi connectivity index (χ3n) is 3.29. The van der Waals surface area contributed by atoms with Gasteiger partial charge in [0.15, 0.2) is 0 Å². The Balaban J connectivity index is 2.08. The van der Waals surface area contributed by atoms with Gasteiger partial charge >= 0.3 is 0 Å². The minimum atomic E-state index is 0.907. The van der Waals surface area contributed by atoms with Gasteiger partial charge in [-0.3, -0.25) is 4.68 Å². The first-order valence-corrected chi connectivity index (χ1v) is 5.89. The van der Waals surface area contributed by atoms with E-state index in [2.05, 4.69) is 29.7 Å². The summed E-state index contributed by atoms with van der Waals surface area (Å²) in [6.07, 6.45) is 6.41. The zero-order chi connectivity index (χ0) is 9.97. The molecule has 0 saturated heterocycles. The molecule has 2 heteroatoms. The Morgan fingerprint density at radius 2 is 2.14 bits per heavy atom. The van der Waals surface area contributed by atoms with Crippen molar-refractivity contribution in [2.24, 2.45) is 5.92 Å². The summed E-state index contributed by atoms with van der Waals surface area (Å²) in [7, 11) is 0. The Hall–Kier alpha value is -0.790. The highest BCUT2D eigenvalue weighted by atomic mass is 15.3. The monoisotopic (exact) mass is 192 g/mol. The molecule has 0 amide bonds. The van der Waals surface area contributed by atoms with Crippen molar-refractivity contribution in [1.82, 2.24) is 9.78 Å². The van der Waals surface area contributed by atoms with Gasteiger partial charge in [0.05, 0.1) is 5.69 Å². The highest BCUT2D eigenvalue weighted by Gasteiger charge is 2.19. The molecule has 2 nitrogen and oxygen atoms in total. The molecule has 0 aliphatic heterocycles. The number of hydrogen-bond acceptors (Lipinski definition) is 1. The molecule has 1 heterocycles. The van der Waals surface area contributed by atoms with Crippen molar-refractivity contribution in [3.63, 3.8) is 0 Å². The molecule has 1 aliphatic carbocycles. The predicted octanol–water partition coefficient (Wildman–Crippen LogP) is 2.81. The van der Waals surface area contributed by atoms with Crippen molar-refractivity contribution >= 4 is 0 Å². The van der Waals surface area contributed by atoms with Crippen molar-refractivity contribution < 1.29 is 0 Å². The van der Waals surface area contributed by atoms with Crippen LogP contribution in [-0.4, -0.2) is 9.78 Å². The zero-order valence-corrected chi connectivity index (χ0v) is 9.29. The standard InChI is InChI=1S/C12H20N2/c1-3-11-8-12(4-2)14(13-11)9-10-6-5-7-10/h8,10H,3-7,9H2,1-2H3. The maximum absolute atomic E-state index is 4.64. The molecule has 1 aromatic rings. The minimum absolute atomic E-state index is 0.907. The van der Waals surface area contributed by atoms with Gasteiger partial charge in [-0.1, -0.05) is 20.3 Å². The van der Waals surface area contributed by atoms with Crippen LogP contribution in [0.2, 0.25) is 0 Å². The Labute approximate surface area is 86.3 Å². The molecule has 0 bridgehead atoms. The van der Waals surface area contributed by atoms with Gasteiger partial charge in [-0.25, -0.2) is 0 Å². The second kappa shape index (κ2) is 4.16. The van der Waals surface area contributed by atoms with Crippen LogP contribution >= 0.6 is 0 Å². The molecule has 0 atom stereocenters. The second-order valence-corrected chi connectivity index (χ2v) is 4.31. The highest BCUT2D eigenvalue weighted by Crippen LogP contribution is 2.28. The minimum Gasteiger partial charge on any atom is -0.269 e. The van der Waals surface area contributed by atoms with Gasteiger partial charge in [0, 0.05) is 12.2 Å². The van der Waals surface area contributed by atoms with Crippen LogP contribution in [0.15, 0.2) is 6.07 Å². The Morgan fingerprint density at radius 1 is 1.36 bits per heavy atom. The maximum atomic E-state index is 4.64. The maximum Gasteiger partial charge on any atom is 0.0624 e. The summed E-state index contributed by atoms with van der Waals surface area (Å²) in [4.78, 5) is 0. The van der Waals surface area contributed by atoms with Gasteiger partial charge in [-0.05, 0) is 37.7 Å². The number of nitrogens with zero attached hydrogens (tertiary/aromatic N) is 2. The fourth-order valence-electron chi connectivity index (χ4n) is 2.05. The van der Waals surface area contributed by atoms with Gasteiger partial charge < -0.3 is 0 Å². The summed E-state index contributed by atoms with van der Waals surface area (Å²) < 4.78 is 2.24. The van der Waals surface area contributed by atoms with Crippen molar-refractivity contribution in [3.05, 3.63) is 17.5 Å². The molecule has 2 rings (SSSR count).